The molecule has 5 heteroatoms. The van der Waals surface area contributed by atoms with Crippen LogP contribution in [-0.2, 0) is 16.3 Å². The third kappa shape index (κ3) is 4.31. The summed E-state index contributed by atoms with van der Waals surface area (Å²) < 4.78 is 23.7. The van der Waals surface area contributed by atoms with Crippen LogP contribution in [0, 0.1) is 0 Å². The number of rotatable bonds is 7. The van der Waals surface area contributed by atoms with Crippen molar-refractivity contribution in [3.05, 3.63) is 29.8 Å². The molecule has 0 radical (unpaired) electrons. The van der Waals surface area contributed by atoms with E-state index in [0.717, 1.165) is 45.4 Å². The molecule has 1 aromatic rings. The molecule has 0 aromatic heterocycles. The van der Waals surface area contributed by atoms with Crippen LogP contribution >= 0.6 is 0 Å². The van der Waals surface area contributed by atoms with Gasteiger partial charge in [-0.15, -0.1) is 0 Å². The molecule has 1 fully saturated rings. The molecule has 24 heavy (non-hydrogen) atoms. The van der Waals surface area contributed by atoms with Gasteiger partial charge in [-0.05, 0) is 43.9 Å². The first-order chi connectivity index (χ1) is 11.6. The molecule has 2 heterocycles. The van der Waals surface area contributed by atoms with Gasteiger partial charge < -0.3 is 4.90 Å². The van der Waals surface area contributed by atoms with Gasteiger partial charge in [0.25, 0.3) is 0 Å². The van der Waals surface area contributed by atoms with Crippen molar-refractivity contribution >= 4 is 15.5 Å². The third-order valence-corrected chi connectivity index (χ3v) is 7.14. The lowest BCUT2D eigenvalue weighted by molar-refractivity contribution is 0.213. The van der Waals surface area contributed by atoms with Crippen LogP contribution in [0.1, 0.15) is 38.2 Å². The van der Waals surface area contributed by atoms with Crippen LogP contribution in [0.25, 0.3) is 0 Å². The van der Waals surface area contributed by atoms with Crippen LogP contribution in [0.5, 0.6) is 0 Å². The number of aryl methyl sites for hydroxylation is 1. The number of sulfone groups is 1. The predicted octanol–water partition coefficient (Wildman–Crippen LogP) is 2.73. The molecule has 134 valence electrons. The molecule has 3 rings (SSSR count). The Balaban J connectivity index is 1.64. The summed E-state index contributed by atoms with van der Waals surface area (Å²) in [4.78, 5) is 4.92. The van der Waals surface area contributed by atoms with Gasteiger partial charge in [-0.3, -0.25) is 4.90 Å². The van der Waals surface area contributed by atoms with Crippen molar-refractivity contribution < 1.29 is 8.42 Å². The lowest BCUT2D eigenvalue weighted by Crippen LogP contribution is -2.43. The van der Waals surface area contributed by atoms with E-state index >= 15 is 0 Å². The van der Waals surface area contributed by atoms with Gasteiger partial charge in [0.2, 0.25) is 0 Å². The normalized spacial score (nSPS) is 22.8. The summed E-state index contributed by atoms with van der Waals surface area (Å²) in [6, 6.07) is 8.93. The molecule has 1 saturated heterocycles. The largest absolute Gasteiger partial charge is 0.370 e. The Kier molecular flexibility index (Phi) is 5.82. The first-order valence-corrected chi connectivity index (χ1v) is 11.2. The third-order valence-electron chi connectivity index (χ3n) is 5.39. The number of hydrogen-bond donors (Lipinski definition) is 0. The van der Waals surface area contributed by atoms with Crippen molar-refractivity contribution in [3.8, 4) is 0 Å². The number of fused-ring (bicyclic) bond motifs is 1. The highest BCUT2D eigenvalue weighted by molar-refractivity contribution is 7.91. The van der Waals surface area contributed by atoms with E-state index in [0.29, 0.717) is 11.5 Å². The first kappa shape index (κ1) is 17.7. The number of benzene rings is 1. The Bertz CT molecular complexity index is 645. The van der Waals surface area contributed by atoms with E-state index in [4.69, 9.17) is 0 Å². The monoisotopic (exact) mass is 350 g/mol. The van der Waals surface area contributed by atoms with Gasteiger partial charge in [0.05, 0.1) is 11.5 Å². The molecule has 0 spiro atoms. The van der Waals surface area contributed by atoms with Crippen molar-refractivity contribution in [1.29, 1.82) is 0 Å². The number of hydrogen-bond acceptors (Lipinski definition) is 4. The lowest BCUT2D eigenvalue weighted by Gasteiger charge is -2.35. The van der Waals surface area contributed by atoms with Crippen molar-refractivity contribution in [2.75, 3.05) is 42.6 Å². The van der Waals surface area contributed by atoms with Gasteiger partial charge in [-0.1, -0.05) is 31.5 Å². The van der Waals surface area contributed by atoms with Crippen LogP contribution in [0.2, 0.25) is 0 Å². The summed E-state index contributed by atoms with van der Waals surface area (Å²) in [7, 11) is -2.81. The smallest absolute Gasteiger partial charge is 0.151 e. The van der Waals surface area contributed by atoms with Crippen LogP contribution in [-0.4, -0.2) is 57.0 Å². The second kappa shape index (κ2) is 7.87. The topological polar surface area (TPSA) is 40.6 Å². The zero-order valence-corrected chi connectivity index (χ0v) is 15.6. The lowest BCUT2D eigenvalue weighted by atomic mass is 10.0. The van der Waals surface area contributed by atoms with E-state index in [-0.39, 0.29) is 6.04 Å². The van der Waals surface area contributed by atoms with Crippen molar-refractivity contribution in [1.82, 2.24) is 4.90 Å². The zero-order valence-electron chi connectivity index (χ0n) is 14.8. The van der Waals surface area contributed by atoms with Gasteiger partial charge in [-0.25, -0.2) is 8.42 Å². The molecule has 0 N–H and O–H groups in total. The Labute approximate surface area is 146 Å². The maximum atomic E-state index is 11.9. The van der Waals surface area contributed by atoms with Crippen molar-refractivity contribution in [3.63, 3.8) is 0 Å². The van der Waals surface area contributed by atoms with Gasteiger partial charge in [-0.2, -0.15) is 0 Å². The second-order valence-corrected chi connectivity index (χ2v) is 9.39. The van der Waals surface area contributed by atoms with Crippen LogP contribution in [0.3, 0.4) is 0 Å². The Hall–Kier alpha value is -1.07. The Morgan fingerprint density at radius 2 is 2.08 bits per heavy atom. The van der Waals surface area contributed by atoms with E-state index in [1.807, 2.05) is 0 Å². The molecule has 1 atom stereocenters. The SMILES string of the molecule is CCCCN(CCN1CCCc2ccccc21)[C@@H]1CCS(=O)(=O)C1. The molecule has 0 amide bonds. The minimum atomic E-state index is -2.81. The van der Waals surface area contributed by atoms with Crippen LogP contribution in [0.4, 0.5) is 5.69 Å². The molecule has 2 aliphatic rings. The second-order valence-electron chi connectivity index (χ2n) is 7.17. The molecule has 0 aliphatic carbocycles. The van der Waals surface area contributed by atoms with Crippen LogP contribution < -0.4 is 4.90 Å². The summed E-state index contributed by atoms with van der Waals surface area (Å²) in [6.07, 6.45) is 5.50. The maximum absolute atomic E-state index is 11.9. The molecule has 0 saturated carbocycles. The number of unbranched alkanes of at least 4 members (excludes halogenated alkanes) is 1. The Morgan fingerprint density at radius 1 is 1.25 bits per heavy atom. The highest BCUT2D eigenvalue weighted by Crippen LogP contribution is 2.27. The molecule has 2 aliphatic heterocycles. The molecular formula is C19H30N2O2S. The van der Waals surface area contributed by atoms with Crippen molar-refractivity contribution in [2.45, 2.75) is 45.1 Å². The highest BCUT2D eigenvalue weighted by Gasteiger charge is 2.32. The van der Waals surface area contributed by atoms with Gasteiger partial charge in [0, 0.05) is 31.4 Å². The quantitative estimate of drug-likeness (QED) is 0.758. The first-order valence-electron chi connectivity index (χ1n) is 9.36. The Morgan fingerprint density at radius 3 is 2.83 bits per heavy atom. The fraction of sp³-hybridized carbons (Fsp3) is 0.684. The number of nitrogens with zero attached hydrogens (tertiary/aromatic N) is 2. The van der Waals surface area contributed by atoms with E-state index in [9.17, 15) is 8.42 Å². The minimum Gasteiger partial charge on any atom is -0.370 e. The molecule has 0 bridgehead atoms. The summed E-state index contributed by atoms with van der Waals surface area (Å²) in [5.41, 5.74) is 2.82. The molecule has 1 aromatic carbocycles. The minimum absolute atomic E-state index is 0.224. The van der Waals surface area contributed by atoms with E-state index in [1.165, 1.54) is 24.1 Å². The molecule has 0 unspecified atom stereocenters. The molecular weight excluding hydrogens is 320 g/mol. The van der Waals surface area contributed by atoms with Gasteiger partial charge in [0.1, 0.15) is 0 Å². The fourth-order valence-corrected chi connectivity index (χ4v) is 5.76. The summed E-state index contributed by atoms with van der Waals surface area (Å²) >= 11 is 0. The summed E-state index contributed by atoms with van der Waals surface area (Å²) in [6.45, 7) is 6.30. The number of para-hydroxylation sites is 1. The van der Waals surface area contributed by atoms with Gasteiger partial charge >= 0.3 is 0 Å². The standard InChI is InChI=1S/C19H30N2O2S/c1-2-3-11-20(18-10-15-24(22,23)16-18)13-14-21-12-6-8-17-7-4-5-9-19(17)21/h4-5,7,9,18H,2-3,6,8,10-16H2,1H3/t18-/m1/s1. The maximum Gasteiger partial charge on any atom is 0.151 e. The average Bonchev–Trinajstić information content (AvgIpc) is 2.95. The van der Waals surface area contributed by atoms with Gasteiger partial charge in [0.15, 0.2) is 9.84 Å². The van der Waals surface area contributed by atoms with E-state index < -0.39 is 9.84 Å². The van der Waals surface area contributed by atoms with Crippen molar-refractivity contribution in [2.24, 2.45) is 0 Å². The van der Waals surface area contributed by atoms with E-state index in [1.54, 1.807) is 0 Å². The van der Waals surface area contributed by atoms with E-state index in [2.05, 4.69) is 41.0 Å². The molecule has 4 nitrogen and oxygen atoms in total. The predicted molar refractivity (Wildman–Crippen MR) is 101 cm³/mol. The highest BCUT2D eigenvalue weighted by atomic mass is 32.2. The fourth-order valence-electron chi connectivity index (χ4n) is 3.99. The number of anilines is 1. The zero-order chi connectivity index (χ0) is 17.0. The van der Waals surface area contributed by atoms with Crippen LogP contribution in [0.15, 0.2) is 24.3 Å². The average molecular weight is 351 g/mol. The summed E-state index contributed by atoms with van der Waals surface area (Å²) in [5, 5.41) is 0. The summed E-state index contributed by atoms with van der Waals surface area (Å²) in [5.74, 6) is 0.722.